The van der Waals surface area contributed by atoms with Crippen LogP contribution in [0.2, 0.25) is 0 Å². The van der Waals surface area contributed by atoms with Crippen LogP contribution in [0, 0.1) is 0 Å². The van der Waals surface area contributed by atoms with Gasteiger partial charge in [0.25, 0.3) is 0 Å². The molecule has 1 unspecified atom stereocenters. The van der Waals surface area contributed by atoms with Crippen LogP contribution in [-0.2, 0) is 14.4 Å². The van der Waals surface area contributed by atoms with Gasteiger partial charge in [0.05, 0.1) is 12.7 Å². The van der Waals surface area contributed by atoms with Crippen molar-refractivity contribution in [3.63, 3.8) is 0 Å². The van der Waals surface area contributed by atoms with Crippen LogP contribution >= 0.6 is 0 Å². The van der Waals surface area contributed by atoms with Crippen LogP contribution in [0.5, 0.6) is 17.6 Å². The number of hydrogen-bond donors (Lipinski definition) is 0. The summed E-state index contributed by atoms with van der Waals surface area (Å²) in [7, 11) is 2.42. The number of carbonyl (C=O) groups excluding carboxylic acids is 1. The molecule has 0 radical (unpaired) electrons. The van der Waals surface area contributed by atoms with Crippen LogP contribution in [0.4, 0.5) is 13.2 Å². The van der Waals surface area contributed by atoms with Crippen LogP contribution in [-0.4, -0.2) is 48.1 Å². The molecule has 0 aliphatic heterocycles. The Morgan fingerprint density at radius 3 is 2.54 bits per heavy atom. The van der Waals surface area contributed by atoms with Gasteiger partial charge in [-0.25, -0.2) is 9.78 Å². The van der Waals surface area contributed by atoms with E-state index >= 15 is 0 Å². The van der Waals surface area contributed by atoms with E-state index in [1.165, 1.54) is 32.5 Å². The Bertz CT molecular complexity index is 858. The summed E-state index contributed by atoms with van der Waals surface area (Å²) >= 11 is 0. The van der Waals surface area contributed by atoms with E-state index in [1.807, 2.05) is 0 Å². The highest BCUT2D eigenvalue weighted by molar-refractivity contribution is 6.43. The Kier molecular flexibility index (Phi) is 6.74. The average Bonchev–Trinajstić information content (AvgIpc) is 2.66. The average molecular weight is 399 g/mol. The number of hydrogen-bond acceptors (Lipinski definition) is 8. The van der Waals surface area contributed by atoms with E-state index in [4.69, 9.17) is 9.47 Å². The molecule has 1 atom stereocenters. The van der Waals surface area contributed by atoms with E-state index in [-0.39, 0.29) is 28.9 Å². The molecule has 0 spiro atoms. The Labute approximate surface area is 157 Å². The summed E-state index contributed by atoms with van der Waals surface area (Å²) in [6.07, 6.45) is -5.44. The van der Waals surface area contributed by atoms with E-state index in [0.29, 0.717) is 0 Å². The molecule has 0 fully saturated rings. The SMILES string of the molecule is CON=C(C(=O)OC)c1ccccc1Oc1nccc(OC(C)C(F)(F)F)n1. The van der Waals surface area contributed by atoms with Gasteiger partial charge in [-0.2, -0.15) is 18.2 Å². The summed E-state index contributed by atoms with van der Waals surface area (Å²) in [5.41, 5.74) is 0.0217. The number of nitrogens with zero attached hydrogens (tertiary/aromatic N) is 3. The van der Waals surface area contributed by atoms with Crippen molar-refractivity contribution in [2.24, 2.45) is 5.16 Å². The number of rotatable bonds is 7. The Balaban J connectivity index is 2.31. The highest BCUT2D eigenvalue weighted by Gasteiger charge is 2.38. The number of alkyl halides is 3. The Morgan fingerprint density at radius 1 is 1.18 bits per heavy atom. The predicted octanol–water partition coefficient (Wildman–Crippen LogP) is 3.12. The molecule has 0 aliphatic carbocycles. The van der Waals surface area contributed by atoms with Crippen molar-refractivity contribution in [3.05, 3.63) is 42.1 Å². The van der Waals surface area contributed by atoms with E-state index in [1.54, 1.807) is 12.1 Å². The highest BCUT2D eigenvalue weighted by Crippen LogP contribution is 2.27. The van der Waals surface area contributed by atoms with E-state index in [0.717, 1.165) is 13.0 Å². The zero-order chi connectivity index (χ0) is 20.7. The quantitative estimate of drug-likeness (QED) is 0.401. The monoisotopic (exact) mass is 399 g/mol. The van der Waals surface area contributed by atoms with E-state index < -0.39 is 18.2 Å². The van der Waals surface area contributed by atoms with Crippen molar-refractivity contribution in [1.29, 1.82) is 0 Å². The summed E-state index contributed by atoms with van der Waals surface area (Å²) in [5, 5.41) is 3.62. The van der Waals surface area contributed by atoms with Gasteiger partial charge in [0.15, 0.2) is 11.8 Å². The summed E-state index contributed by atoms with van der Waals surface area (Å²) in [5.74, 6) is -1.01. The second kappa shape index (κ2) is 9.02. The molecule has 0 saturated carbocycles. The van der Waals surface area contributed by atoms with Gasteiger partial charge in [-0.3, -0.25) is 0 Å². The lowest BCUT2D eigenvalue weighted by atomic mass is 10.1. The number of methoxy groups -OCH3 is 1. The largest absolute Gasteiger partial charge is 0.465 e. The maximum absolute atomic E-state index is 12.6. The standard InChI is InChI=1S/C17H16F3N3O5/c1-10(17(18,19)20)27-13-8-9-21-16(22-13)28-12-7-5-4-6-11(12)14(23-26-3)15(24)25-2/h4-10H,1-3H3. The summed E-state index contributed by atoms with van der Waals surface area (Å²) in [6.45, 7) is 0.849. The van der Waals surface area contributed by atoms with Crippen molar-refractivity contribution in [1.82, 2.24) is 9.97 Å². The molecule has 0 saturated heterocycles. The molecule has 1 heterocycles. The highest BCUT2D eigenvalue weighted by atomic mass is 19.4. The van der Waals surface area contributed by atoms with Gasteiger partial charge in [-0.15, -0.1) is 0 Å². The molecule has 0 N–H and O–H groups in total. The first kappa shape index (κ1) is 20.9. The first-order valence-electron chi connectivity index (χ1n) is 7.79. The van der Waals surface area contributed by atoms with Gasteiger partial charge in [0.2, 0.25) is 5.88 Å². The van der Waals surface area contributed by atoms with Crippen LogP contribution in [0.3, 0.4) is 0 Å². The third-order valence-electron chi connectivity index (χ3n) is 3.27. The normalized spacial score (nSPS) is 12.9. The second-order valence-electron chi connectivity index (χ2n) is 5.19. The van der Waals surface area contributed by atoms with Crippen molar-refractivity contribution in [2.45, 2.75) is 19.2 Å². The van der Waals surface area contributed by atoms with Gasteiger partial charge in [0.1, 0.15) is 12.9 Å². The summed E-state index contributed by atoms with van der Waals surface area (Å²) in [6, 6.07) is 7.08. The van der Waals surface area contributed by atoms with Crippen LogP contribution in [0.25, 0.3) is 0 Å². The molecule has 2 aromatic rings. The molecular formula is C17H16F3N3O5. The van der Waals surface area contributed by atoms with Gasteiger partial charge >= 0.3 is 18.2 Å². The van der Waals surface area contributed by atoms with Gasteiger partial charge < -0.3 is 19.0 Å². The molecule has 150 valence electrons. The molecule has 1 aromatic heterocycles. The summed E-state index contributed by atoms with van der Waals surface area (Å²) in [4.78, 5) is 24.2. The lowest BCUT2D eigenvalue weighted by Crippen LogP contribution is -2.31. The zero-order valence-corrected chi connectivity index (χ0v) is 15.1. The fourth-order valence-corrected chi connectivity index (χ4v) is 1.92. The van der Waals surface area contributed by atoms with E-state index in [2.05, 4.69) is 24.7 Å². The molecule has 28 heavy (non-hydrogen) atoms. The minimum Gasteiger partial charge on any atom is -0.465 e. The molecular weight excluding hydrogens is 383 g/mol. The van der Waals surface area contributed by atoms with Gasteiger partial charge in [-0.05, 0) is 19.1 Å². The maximum Gasteiger partial charge on any atom is 0.425 e. The first-order chi connectivity index (χ1) is 13.3. The molecule has 11 heteroatoms. The van der Waals surface area contributed by atoms with Crippen molar-refractivity contribution in [2.75, 3.05) is 14.2 Å². The van der Waals surface area contributed by atoms with Crippen molar-refractivity contribution >= 4 is 11.7 Å². The molecule has 2 rings (SSSR count). The third-order valence-corrected chi connectivity index (χ3v) is 3.27. The molecule has 8 nitrogen and oxygen atoms in total. The number of benzene rings is 1. The first-order valence-corrected chi connectivity index (χ1v) is 7.79. The van der Waals surface area contributed by atoms with Crippen molar-refractivity contribution < 1.29 is 37.0 Å². The fraction of sp³-hybridized carbons (Fsp3) is 0.294. The molecule has 0 amide bonds. The Hall–Kier alpha value is -3.37. The fourth-order valence-electron chi connectivity index (χ4n) is 1.92. The number of oxime groups is 1. The third kappa shape index (κ3) is 5.32. The lowest BCUT2D eigenvalue weighted by molar-refractivity contribution is -0.190. The number of halogens is 3. The summed E-state index contributed by atoms with van der Waals surface area (Å²) < 4.78 is 52.8. The molecule has 0 bridgehead atoms. The second-order valence-corrected chi connectivity index (χ2v) is 5.19. The van der Waals surface area contributed by atoms with Gasteiger partial charge in [0, 0.05) is 12.3 Å². The Morgan fingerprint density at radius 2 is 1.89 bits per heavy atom. The molecule has 1 aromatic carbocycles. The number of esters is 1. The maximum atomic E-state index is 12.6. The predicted molar refractivity (Wildman–Crippen MR) is 90.3 cm³/mol. The van der Waals surface area contributed by atoms with Gasteiger partial charge in [-0.1, -0.05) is 17.3 Å². The number of para-hydroxylation sites is 1. The van der Waals surface area contributed by atoms with Crippen LogP contribution < -0.4 is 9.47 Å². The number of ether oxygens (including phenoxy) is 3. The van der Waals surface area contributed by atoms with Crippen LogP contribution in [0.15, 0.2) is 41.7 Å². The minimum atomic E-state index is -4.55. The number of carbonyl (C=O) groups is 1. The minimum absolute atomic E-state index is 0.102. The molecule has 0 aliphatic rings. The topological polar surface area (TPSA) is 92.1 Å². The van der Waals surface area contributed by atoms with Crippen LogP contribution in [0.1, 0.15) is 12.5 Å². The number of aromatic nitrogens is 2. The zero-order valence-electron chi connectivity index (χ0n) is 15.1. The lowest BCUT2D eigenvalue weighted by Gasteiger charge is -2.17. The van der Waals surface area contributed by atoms with E-state index in [9.17, 15) is 18.0 Å². The smallest absolute Gasteiger partial charge is 0.425 e. The van der Waals surface area contributed by atoms with Crippen molar-refractivity contribution in [3.8, 4) is 17.6 Å².